The lowest BCUT2D eigenvalue weighted by Gasteiger charge is -2.41. The van der Waals surface area contributed by atoms with Gasteiger partial charge < -0.3 is 9.64 Å². The molecule has 3 aromatic carbocycles. The van der Waals surface area contributed by atoms with Crippen molar-refractivity contribution in [3.8, 4) is 0 Å². The van der Waals surface area contributed by atoms with Crippen LogP contribution >= 0.6 is 0 Å². The van der Waals surface area contributed by atoms with E-state index in [2.05, 4.69) is 5.43 Å². The largest absolute Gasteiger partial charge is 0.445 e. The third kappa shape index (κ3) is 7.68. The summed E-state index contributed by atoms with van der Waals surface area (Å²) < 4.78 is 34.7. The van der Waals surface area contributed by atoms with Crippen molar-refractivity contribution in [2.24, 2.45) is 0 Å². The van der Waals surface area contributed by atoms with Gasteiger partial charge in [0.2, 0.25) is 5.91 Å². The number of benzene rings is 3. The van der Waals surface area contributed by atoms with Gasteiger partial charge in [-0.1, -0.05) is 78.9 Å². The van der Waals surface area contributed by atoms with E-state index in [-0.39, 0.29) is 23.5 Å². The molecule has 0 saturated carbocycles. The fraction of sp³-hybridized carbons (Fsp3) is 0.333. The fourth-order valence-electron chi connectivity index (χ4n) is 4.96. The molecule has 10 heteroatoms. The molecule has 2 N–H and O–H groups in total. The molecule has 0 radical (unpaired) electrons. The molecule has 2 saturated heterocycles. The molecule has 0 aliphatic carbocycles. The molecule has 2 fully saturated rings. The molecule has 212 valence electrons. The van der Waals surface area contributed by atoms with Crippen molar-refractivity contribution in [1.29, 1.82) is 0 Å². The Balaban J connectivity index is 0.000000312. The topological polar surface area (TPSA) is 116 Å². The number of hydrazine groups is 1. The summed E-state index contributed by atoms with van der Waals surface area (Å²) in [5.41, 5.74) is 4.49. The standard InChI is InChI=1S/C24H29N3O3.C6H6O3S/c28-22(25-27-15-7-8-16-27)24(21-11-5-2-6-12-21)13-17-26(18-14-24)23(29)30-19-20-9-3-1-4-10-20;7-10(8,9)6-4-2-1-3-5-6/h1-6,9-12H,7-8,13-19H2,(H,25,28);1-5H,(H,7,8,9). The van der Waals surface area contributed by atoms with Gasteiger partial charge in [0.15, 0.2) is 0 Å². The SMILES string of the molecule is O=C(OCc1ccccc1)N1CCC(C(=O)NN2CCCC2)(c2ccccc2)CC1.O=S(=O)(O)c1ccccc1. The summed E-state index contributed by atoms with van der Waals surface area (Å²) in [7, 11) is -4.00. The van der Waals surface area contributed by atoms with Gasteiger partial charge in [-0.2, -0.15) is 8.42 Å². The average Bonchev–Trinajstić information content (AvgIpc) is 3.50. The highest BCUT2D eigenvalue weighted by Gasteiger charge is 2.44. The van der Waals surface area contributed by atoms with Crippen molar-refractivity contribution in [2.45, 2.75) is 42.6 Å². The Hall–Kier alpha value is -3.73. The smallest absolute Gasteiger partial charge is 0.410 e. The molecule has 2 heterocycles. The molecule has 9 nitrogen and oxygen atoms in total. The second kappa shape index (κ2) is 13.6. The summed E-state index contributed by atoms with van der Waals surface area (Å²) in [6.07, 6.45) is 3.06. The quantitative estimate of drug-likeness (QED) is 0.425. The summed E-state index contributed by atoms with van der Waals surface area (Å²) in [5, 5.41) is 2.02. The highest BCUT2D eigenvalue weighted by atomic mass is 32.2. The minimum Gasteiger partial charge on any atom is -0.445 e. The van der Waals surface area contributed by atoms with Crippen LogP contribution in [0.5, 0.6) is 0 Å². The third-order valence-corrected chi connectivity index (χ3v) is 8.12. The van der Waals surface area contributed by atoms with Crippen molar-refractivity contribution < 1.29 is 27.3 Å². The third-order valence-electron chi connectivity index (χ3n) is 7.25. The maximum absolute atomic E-state index is 13.4. The van der Waals surface area contributed by atoms with E-state index in [4.69, 9.17) is 9.29 Å². The lowest BCUT2D eigenvalue weighted by molar-refractivity contribution is -0.133. The van der Waals surface area contributed by atoms with E-state index >= 15 is 0 Å². The van der Waals surface area contributed by atoms with Gasteiger partial charge in [-0.05, 0) is 48.9 Å². The zero-order chi connectivity index (χ0) is 28.4. The molecular weight excluding hydrogens is 530 g/mol. The van der Waals surface area contributed by atoms with Crippen LogP contribution in [0.1, 0.15) is 36.8 Å². The Labute approximate surface area is 235 Å². The van der Waals surface area contributed by atoms with Gasteiger partial charge in [-0.25, -0.2) is 9.80 Å². The number of hydrogen-bond donors (Lipinski definition) is 2. The molecule has 5 rings (SSSR count). The maximum Gasteiger partial charge on any atom is 0.410 e. The van der Waals surface area contributed by atoms with Crippen molar-refractivity contribution >= 4 is 22.1 Å². The Kier molecular flexibility index (Phi) is 9.92. The number of amides is 2. The monoisotopic (exact) mass is 565 g/mol. The van der Waals surface area contributed by atoms with Crippen LogP contribution in [0, 0.1) is 0 Å². The Bertz CT molecular complexity index is 1340. The number of nitrogens with zero attached hydrogens (tertiary/aromatic N) is 2. The molecule has 2 aliphatic heterocycles. The van der Waals surface area contributed by atoms with Gasteiger partial charge in [-0.3, -0.25) is 14.8 Å². The van der Waals surface area contributed by atoms with E-state index in [0.29, 0.717) is 25.9 Å². The number of ether oxygens (including phenoxy) is 1. The maximum atomic E-state index is 13.4. The summed E-state index contributed by atoms with van der Waals surface area (Å²) in [6.45, 7) is 3.05. The Morgan fingerprint density at radius 1 is 0.800 bits per heavy atom. The molecule has 40 heavy (non-hydrogen) atoms. The van der Waals surface area contributed by atoms with E-state index in [1.54, 1.807) is 23.1 Å². The van der Waals surface area contributed by atoms with Crippen LogP contribution in [0.4, 0.5) is 4.79 Å². The second-order valence-corrected chi connectivity index (χ2v) is 11.3. The molecule has 0 unspecified atom stereocenters. The van der Waals surface area contributed by atoms with Crippen LogP contribution < -0.4 is 5.43 Å². The molecule has 0 bridgehead atoms. The first-order valence-electron chi connectivity index (χ1n) is 13.4. The number of hydrogen-bond acceptors (Lipinski definition) is 6. The average molecular weight is 566 g/mol. The number of carbonyl (C=O) groups is 2. The van der Waals surface area contributed by atoms with Crippen molar-refractivity contribution in [3.05, 3.63) is 102 Å². The molecule has 2 amide bonds. The van der Waals surface area contributed by atoms with Crippen molar-refractivity contribution in [3.63, 3.8) is 0 Å². The predicted octanol–water partition coefficient (Wildman–Crippen LogP) is 4.42. The summed E-state index contributed by atoms with van der Waals surface area (Å²) in [5.74, 6) is 0.0351. The van der Waals surface area contributed by atoms with Gasteiger partial charge in [0.05, 0.1) is 10.3 Å². The lowest BCUT2D eigenvalue weighted by Crippen LogP contribution is -2.56. The molecular formula is C30H35N3O6S. The van der Waals surface area contributed by atoms with Gasteiger partial charge in [0.25, 0.3) is 10.1 Å². The number of carbonyl (C=O) groups excluding carboxylic acids is 2. The fourth-order valence-corrected chi connectivity index (χ4v) is 5.46. The Morgan fingerprint density at radius 3 is 1.85 bits per heavy atom. The second-order valence-electron chi connectivity index (χ2n) is 9.90. The number of likely N-dealkylation sites (tertiary alicyclic amines) is 1. The summed E-state index contributed by atoms with van der Waals surface area (Å²) in [6, 6.07) is 27.0. The number of piperidine rings is 1. The molecule has 0 atom stereocenters. The highest BCUT2D eigenvalue weighted by Crippen LogP contribution is 2.36. The molecule has 0 spiro atoms. The zero-order valence-corrected chi connectivity index (χ0v) is 23.1. The number of rotatable bonds is 6. The molecule has 0 aromatic heterocycles. The van der Waals surface area contributed by atoms with Crippen LogP contribution in [0.15, 0.2) is 95.9 Å². The van der Waals surface area contributed by atoms with Gasteiger partial charge in [0, 0.05) is 26.2 Å². The van der Waals surface area contributed by atoms with E-state index in [1.165, 1.54) is 12.1 Å². The first-order chi connectivity index (χ1) is 19.3. The molecule has 3 aromatic rings. The minimum absolute atomic E-state index is 0.0351. The summed E-state index contributed by atoms with van der Waals surface area (Å²) in [4.78, 5) is 27.6. The highest BCUT2D eigenvalue weighted by molar-refractivity contribution is 7.85. The van der Waals surface area contributed by atoms with Crippen molar-refractivity contribution in [1.82, 2.24) is 15.3 Å². The lowest BCUT2D eigenvalue weighted by atomic mass is 9.72. The van der Waals surface area contributed by atoms with Crippen LogP contribution in [-0.2, 0) is 31.7 Å². The van der Waals surface area contributed by atoms with Gasteiger partial charge in [0.1, 0.15) is 6.61 Å². The molecule has 2 aliphatic rings. The Morgan fingerprint density at radius 2 is 1.32 bits per heavy atom. The van der Waals surface area contributed by atoms with Gasteiger partial charge >= 0.3 is 6.09 Å². The first kappa shape index (κ1) is 29.3. The number of nitrogens with one attached hydrogen (secondary N) is 1. The van der Waals surface area contributed by atoms with Crippen LogP contribution in [0.25, 0.3) is 0 Å². The zero-order valence-electron chi connectivity index (χ0n) is 22.3. The normalized spacial score (nSPS) is 16.9. The predicted molar refractivity (Wildman–Crippen MR) is 151 cm³/mol. The van der Waals surface area contributed by atoms with E-state index < -0.39 is 15.5 Å². The van der Waals surface area contributed by atoms with E-state index in [1.807, 2.05) is 65.7 Å². The van der Waals surface area contributed by atoms with Gasteiger partial charge in [-0.15, -0.1) is 0 Å². The first-order valence-corrected chi connectivity index (χ1v) is 14.8. The van der Waals surface area contributed by atoms with Crippen molar-refractivity contribution in [2.75, 3.05) is 26.2 Å². The van der Waals surface area contributed by atoms with Crippen LogP contribution in [0.3, 0.4) is 0 Å². The van der Waals surface area contributed by atoms with Crippen LogP contribution in [0.2, 0.25) is 0 Å². The van der Waals surface area contributed by atoms with E-state index in [0.717, 1.165) is 37.1 Å². The van der Waals surface area contributed by atoms with E-state index in [9.17, 15) is 18.0 Å². The van der Waals surface area contributed by atoms with Crippen LogP contribution in [-0.4, -0.2) is 61.1 Å². The minimum atomic E-state index is -4.00. The summed E-state index contributed by atoms with van der Waals surface area (Å²) >= 11 is 0.